The Labute approximate surface area is 122 Å². The van der Waals surface area contributed by atoms with Gasteiger partial charge in [-0.3, -0.25) is 4.79 Å². The van der Waals surface area contributed by atoms with Gasteiger partial charge in [-0.15, -0.1) is 0 Å². The summed E-state index contributed by atoms with van der Waals surface area (Å²) in [7, 11) is 0. The maximum atomic E-state index is 12.5. The van der Waals surface area contributed by atoms with Crippen molar-refractivity contribution in [1.82, 2.24) is 14.8 Å². The highest BCUT2D eigenvalue weighted by Crippen LogP contribution is 2.34. The van der Waals surface area contributed by atoms with E-state index in [0.717, 1.165) is 30.6 Å². The van der Waals surface area contributed by atoms with Gasteiger partial charge in [0, 0.05) is 11.6 Å². The molecule has 1 aliphatic rings. The van der Waals surface area contributed by atoms with Crippen LogP contribution in [0.15, 0.2) is 24.8 Å². The molecule has 0 bridgehead atoms. The zero-order valence-corrected chi connectivity index (χ0v) is 12.0. The number of rotatable bonds is 2. The Hall–Kier alpha value is -1.88. The molecular weight excluding hydrogens is 276 g/mol. The molecular formula is C14H15ClN4O. The Kier molecular flexibility index (Phi) is 3.44. The van der Waals surface area contributed by atoms with E-state index in [-0.39, 0.29) is 12.5 Å². The van der Waals surface area contributed by atoms with Gasteiger partial charge < -0.3 is 4.90 Å². The summed E-state index contributed by atoms with van der Waals surface area (Å²) >= 11 is 6.19. The second-order valence-corrected chi connectivity index (χ2v) is 5.33. The highest BCUT2D eigenvalue weighted by molar-refractivity contribution is 6.31. The van der Waals surface area contributed by atoms with Crippen molar-refractivity contribution in [3.05, 3.63) is 40.9 Å². The Balaban J connectivity index is 1.93. The Morgan fingerprint density at radius 1 is 1.45 bits per heavy atom. The van der Waals surface area contributed by atoms with E-state index in [9.17, 15) is 4.79 Å². The number of hydrogen-bond donors (Lipinski definition) is 0. The third kappa shape index (κ3) is 2.29. The molecule has 5 nitrogen and oxygen atoms in total. The van der Waals surface area contributed by atoms with Gasteiger partial charge in [0.25, 0.3) is 0 Å². The molecule has 0 saturated carbocycles. The number of carbonyl (C=O) groups is 1. The summed E-state index contributed by atoms with van der Waals surface area (Å²) in [6.45, 7) is 2.88. The number of benzene rings is 1. The normalized spacial score (nSPS) is 14.2. The third-order valence-electron chi connectivity index (χ3n) is 3.61. The Morgan fingerprint density at radius 2 is 2.30 bits per heavy atom. The predicted octanol–water partition coefficient (Wildman–Crippen LogP) is 2.22. The van der Waals surface area contributed by atoms with Gasteiger partial charge in [0.15, 0.2) is 0 Å². The number of aryl methyl sites for hydroxylation is 1. The highest BCUT2D eigenvalue weighted by atomic mass is 35.5. The van der Waals surface area contributed by atoms with E-state index in [1.165, 1.54) is 16.6 Å². The van der Waals surface area contributed by atoms with Gasteiger partial charge in [0.1, 0.15) is 19.2 Å². The summed E-state index contributed by atoms with van der Waals surface area (Å²) in [6.07, 6.45) is 4.94. The topological polar surface area (TPSA) is 51.0 Å². The fraction of sp³-hybridized carbons (Fsp3) is 0.357. The number of halogens is 1. The number of hydrogen-bond acceptors (Lipinski definition) is 3. The molecule has 0 fully saturated rings. The van der Waals surface area contributed by atoms with Crippen LogP contribution in [0.25, 0.3) is 0 Å². The van der Waals surface area contributed by atoms with E-state index in [4.69, 9.17) is 11.6 Å². The zero-order valence-electron chi connectivity index (χ0n) is 11.2. The van der Waals surface area contributed by atoms with Crippen molar-refractivity contribution in [3.8, 4) is 0 Å². The average molecular weight is 291 g/mol. The Morgan fingerprint density at radius 3 is 3.05 bits per heavy atom. The van der Waals surface area contributed by atoms with Gasteiger partial charge in [-0.05, 0) is 37.0 Å². The van der Waals surface area contributed by atoms with Crippen LogP contribution in [0.4, 0.5) is 5.69 Å². The molecule has 1 amide bonds. The molecule has 0 aliphatic carbocycles. The summed E-state index contributed by atoms with van der Waals surface area (Å²) in [4.78, 5) is 18.2. The SMILES string of the molecule is Cc1c(Cl)ccc2c1N(C(=O)Cn1cncn1)CCC2. The largest absolute Gasteiger partial charge is 0.310 e. The highest BCUT2D eigenvalue weighted by Gasteiger charge is 2.25. The maximum Gasteiger partial charge on any atom is 0.248 e. The first-order chi connectivity index (χ1) is 9.66. The van der Waals surface area contributed by atoms with Crippen LogP contribution in [0.2, 0.25) is 5.02 Å². The molecule has 2 aromatic rings. The zero-order chi connectivity index (χ0) is 14.1. The monoisotopic (exact) mass is 290 g/mol. The lowest BCUT2D eigenvalue weighted by atomic mass is 9.98. The number of carbonyl (C=O) groups excluding carboxylic acids is 1. The standard InChI is InChI=1S/C14H15ClN4O/c1-10-12(15)5-4-11-3-2-6-19(14(10)11)13(20)7-18-9-16-8-17-18/h4-5,8-9H,2-3,6-7H2,1H3. The lowest BCUT2D eigenvalue weighted by molar-refractivity contribution is -0.119. The van der Waals surface area contributed by atoms with E-state index in [1.807, 2.05) is 24.0 Å². The predicted molar refractivity (Wildman–Crippen MR) is 76.9 cm³/mol. The van der Waals surface area contributed by atoms with Crippen molar-refractivity contribution in [2.75, 3.05) is 11.4 Å². The van der Waals surface area contributed by atoms with Crippen molar-refractivity contribution in [1.29, 1.82) is 0 Å². The third-order valence-corrected chi connectivity index (χ3v) is 4.02. The average Bonchev–Trinajstić information content (AvgIpc) is 2.95. The first-order valence-electron chi connectivity index (χ1n) is 6.57. The van der Waals surface area contributed by atoms with Crippen molar-refractivity contribution in [3.63, 3.8) is 0 Å². The van der Waals surface area contributed by atoms with Crippen LogP contribution in [0.3, 0.4) is 0 Å². The van der Waals surface area contributed by atoms with Crippen molar-refractivity contribution in [2.24, 2.45) is 0 Å². The van der Waals surface area contributed by atoms with Gasteiger partial charge in [-0.1, -0.05) is 17.7 Å². The van der Waals surface area contributed by atoms with E-state index in [1.54, 1.807) is 6.33 Å². The summed E-state index contributed by atoms with van der Waals surface area (Å²) < 4.78 is 1.54. The van der Waals surface area contributed by atoms with Crippen LogP contribution >= 0.6 is 11.6 Å². The summed E-state index contributed by atoms with van der Waals surface area (Å²) in [5.74, 6) is 0.0156. The maximum absolute atomic E-state index is 12.5. The second-order valence-electron chi connectivity index (χ2n) is 4.92. The molecule has 0 unspecified atom stereocenters. The first-order valence-corrected chi connectivity index (χ1v) is 6.95. The van der Waals surface area contributed by atoms with E-state index >= 15 is 0 Å². The molecule has 2 heterocycles. The van der Waals surface area contributed by atoms with Gasteiger partial charge in [-0.25, -0.2) is 9.67 Å². The van der Waals surface area contributed by atoms with Crippen molar-refractivity contribution in [2.45, 2.75) is 26.3 Å². The van der Waals surface area contributed by atoms with Gasteiger partial charge in [-0.2, -0.15) is 5.10 Å². The molecule has 20 heavy (non-hydrogen) atoms. The molecule has 1 aromatic heterocycles. The van der Waals surface area contributed by atoms with Crippen LogP contribution in [0, 0.1) is 6.92 Å². The minimum absolute atomic E-state index is 0.0156. The molecule has 104 valence electrons. The van der Waals surface area contributed by atoms with Crippen molar-refractivity contribution < 1.29 is 4.79 Å². The number of amides is 1. The lowest BCUT2D eigenvalue weighted by Crippen LogP contribution is -2.38. The minimum Gasteiger partial charge on any atom is -0.310 e. The fourth-order valence-electron chi connectivity index (χ4n) is 2.64. The molecule has 1 aromatic carbocycles. The summed E-state index contributed by atoms with van der Waals surface area (Å²) in [5.41, 5.74) is 3.12. The fourth-order valence-corrected chi connectivity index (χ4v) is 2.79. The number of aromatic nitrogens is 3. The molecule has 0 spiro atoms. The van der Waals surface area contributed by atoms with E-state index in [0.29, 0.717) is 5.02 Å². The first kappa shape index (κ1) is 13.1. The molecule has 0 saturated heterocycles. The van der Waals surface area contributed by atoms with Crippen LogP contribution in [0.1, 0.15) is 17.5 Å². The molecule has 6 heteroatoms. The molecule has 1 aliphatic heterocycles. The summed E-state index contributed by atoms with van der Waals surface area (Å²) in [5, 5.41) is 4.68. The van der Waals surface area contributed by atoms with Gasteiger partial charge in [0.05, 0.1) is 5.69 Å². The second kappa shape index (κ2) is 5.25. The number of anilines is 1. The minimum atomic E-state index is 0.0156. The van der Waals surface area contributed by atoms with E-state index < -0.39 is 0 Å². The van der Waals surface area contributed by atoms with Crippen LogP contribution in [-0.2, 0) is 17.8 Å². The Bertz CT molecular complexity index is 639. The van der Waals surface area contributed by atoms with Gasteiger partial charge in [0.2, 0.25) is 5.91 Å². The smallest absolute Gasteiger partial charge is 0.248 e. The number of fused-ring (bicyclic) bond motifs is 1. The molecule has 0 radical (unpaired) electrons. The van der Waals surface area contributed by atoms with Crippen LogP contribution in [0.5, 0.6) is 0 Å². The van der Waals surface area contributed by atoms with Crippen LogP contribution in [-0.4, -0.2) is 27.2 Å². The quantitative estimate of drug-likeness (QED) is 0.852. The summed E-state index contributed by atoms with van der Waals surface area (Å²) in [6, 6.07) is 3.92. The van der Waals surface area contributed by atoms with E-state index in [2.05, 4.69) is 10.1 Å². The molecule has 3 rings (SSSR count). The number of nitrogens with zero attached hydrogens (tertiary/aromatic N) is 4. The van der Waals surface area contributed by atoms with Crippen LogP contribution < -0.4 is 4.90 Å². The molecule has 0 N–H and O–H groups in total. The molecule has 0 atom stereocenters. The van der Waals surface area contributed by atoms with Gasteiger partial charge >= 0.3 is 0 Å². The lowest BCUT2D eigenvalue weighted by Gasteiger charge is -2.31. The van der Waals surface area contributed by atoms with Crippen molar-refractivity contribution >= 4 is 23.2 Å².